The molecule has 0 unspecified atom stereocenters. The third kappa shape index (κ3) is 3.11. The summed E-state index contributed by atoms with van der Waals surface area (Å²) in [7, 11) is 0. The number of aromatic nitrogens is 1. The molecule has 0 fully saturated rings. The fourth-order valence-corrected chi connectivity index (χ4v) is 0.808. The number of carbonyl (C=O) groups is 1. The van der Waals surface area contributed by atoms with Gasteiger partial charge in [0.25, 0.3) is 0 Å². The molecule has 0 amide bonds. The number of esters is 1. The quantitative estimate of drug-likeness (QED) is 0.524. The fraction of sp³-hybridized carbons (Fsp3) is 0.333. The third-order valence-electron chi connectivity index (χ3n) is 1.32. The summed E-state index contributed by atoms with van der Waals surface area (Å²) in [6.45, 7) is 3.92. The van der Waals surface area contributed by atoms with Gasteiger partial charge in [-0.2, -0.15) is 0 Å². The van der Waals surface area contributed by atoms with Gasteiger partial charge in [0.2, 0.25) is 0 Å². The molecule has 0 radical (unpaired) electrons. The van der Waals surface area contributed by atoms with Crippen LogP contribution in [0.3, 0.4) is 0 Å². The van der Waals surface area contributed by atoms with Crippen molar-refractivity contribution in [2.75, 3.05) is 6.61 Å². The number of aryl methyl sites for hydroxylation is 1. The molecule has 0 bridgehead atoms. The second kappa shape index (κ2) is 4.45. The Morgan fingerprint density at radius 2 is 2.54 bits per heavy atom. The Morgan fingerprint density at radius 1 is 1.77 bits per heavy atom. The Bertz CT molecular complexity index is 314. The van der Waals surface area contributed by atoms with Crippen molar-refractivity contribution in [1.82, 2.24) is 5.16 Å². The maximum absolute atomic E-state index is 10.9. The third-order valence-corrected chi connectivity index (χ3v) is 1.32. The first-order valence-electron chi connectivity index (χ1n) is 4.00. The van der Waals surface area contributed by atoms with Crippen molar-refractivity contribution in [3.63, 3.8) is 0 Å². The van der Waals surface area contributed by atoms with E-state index < -0.39 is 0 Å². The summed E-state index contributed by atoms with van der Waals surface area (Å²) < 4.78 is 9.49. The van der Waals surface area contributed by atoms with Gasteiger partial charge in [0.1, 0.15) is 11.5 Å². The maximum atomic E-state index is 10.9. The molecule has 0 aliphatic rings. The lowest BCUT2D eigenvalue weighted by molar-refractivity contribution is -0.137. The minimum atomic E-state index is -0.372. The van der Waals surface area contributed by atoms with E-state index in [-0.39, 0.29) is 5.97 Å². The zero-order valence-corrected chi connectivity index (χ0v) is 7.61. The lowest BCUT2D eigenvalue weighted by atomic mass is 10.3. The number of rotatable bonds is 3. The van der Waals surface area contributed by atoms with Crippen LogP contribution in [-0.2, 0) is 9.53 Å². The van der Waals surface area contributed by atoms with E-state index in [1.165, 1.54) is 6.08 Å². The number of ether oxygens (including phenoxy) is 1. The molecular weight excluding hydrogens is 170 g/mol. The summed E-state index contributed by atoms with van der Waals surface area (Å²) in [4.78, 5) is 10.9. The molecule has 4 nitrogen and oxygen atoms in total. The SMILES string of the molecule is CCOC(=O)/C=C/c1cc(C)on1. The van der Waals surface area contributed by atoms with Crippen molar-refractivity contribution in [2.45, 2.75) is 13.8 Å². The second-order valence-electron chi connectivity index (χ2n) is 2.45. The highest BCUT2D eigenvalue weighted by atomic mass is 16.5. The second-order valence-corrected chi connectivity index (χ2v) is 2.45. The molecule has 0 atom stereocenters. The number of hydrogen-bond acceptors (Lipinski definition) is 4. The van der Waals surface area contributed by atoms with Crippen molar-refractivity contribution in [3.8, 4) is 0 Å². The predicted octanol–water partition coefficient (Wildman–Crippen LogP) is 1.56. The largest absolute Gasteiger partial charge is 0.463 e. The van der Waals surface area contributed by atoms with E-state index in [2.05, 4.69) is 9.89 Å². The molecule has 1 heterocycles. The van der Waals surface area contributed by atoms with Crippen LogP contribution in [0.25, 0.3) is 6.08 Å². The Balaban J connectivity index is 2.53. The van der Waals surface area contributed by atoms with Crippen LogP contribution < -0.4 is 0 Å². The van der Waals surface area contributed by atoms with Gasteiger partial charge in [0.05, 0.1) is 6.61 Å². The van der Waals surface area contributed by atoms with Crippen molar-refractivity contribution >= 4 is 12.0 Å². The van der Waals surface area contributed by atoms with Crippen molar-refractivity contribution in [2.24, 2.45) is 0 Å². The highest BCUT2D eigenvalue weighted by molar-refractivity contribution is 5.86. The van der Waals surface area contributed by atoms with Gasteiger partial charge in [-0.25, -0.2) is 4.79 Å². The van der Waals surface area contributed by atoms with Crippen molar-refractivity contribution < 1.29 is 14.1 Å². The van der Waals surface area contributed by atoms with E-state index in [4.69, 9.17) is 4.52 Å². The van der Waals surface area contributed by atoms with E-state index in [0.29, 0.717) is 18.1 Å². The predicted molar refractivity (Wildman–Crippen MR) is 46.9 cm³/mol. The molecule has 0 aromatic carbocycles. The van der Waals surface area contributed by atoms with Gasteiger partial charge >= 0.3 is 5.97 Å². The summed E-state index contributed by atoms with van der Waals surface area (Å²) in [5.41, 5.74) is 0.616. The molecule has 70 valence electrons. The van der Waals surface area contributed by atoms with Crippen LogP contribution >= 0.6 is 0 Å². The Kier molecular flexibility index (Phi) is 3.25. The molecule has 1 rings (SSSR count). The smallest absolute Gasteiger partial charge is 0.330 e. The summed E-state index contributed by atoms with van der Waals surface area (Å²) in [6.07, 6.45) is 2.87. The first-order chi connectivity index (χ1) is 6.22. The first-order valence-corrected chi connectivity index (χ1v) is 4.00. The lowest BCUT2D eigenvalue weighted by Gasteiger charge is -1.92. The van der Waals surface area contributed by atoms with Gasteiger partial charge < -0.3 is 9.26 Å². The Hall–Kier alpha value is -1.58. The van der Waals surface area contributed by atoms with Crippen LogP contribution in [0.4, 0.5) is 0 Å². The van der Waals surface area contributed by atoms with Gasteiger partial charge in [-0.05, 0) is 19.9 Å². The summed E-state index contributed by atoms with van der Waals surface area (Å²) in [6, 6.07) is 1.73. The van der Waals surface area contributed by atoms with E-state index >= 15 is 0 Å². The highest BCUT2D eigenvalue weighted by Gasteiger charge is 1.97. The number of carbonyl (C=O) groups excluding carboxylic acids is 1. The van der Waals surface area contributed by atoms with E-state index in [0.717, 1.165) is 0 Å². The average molecular weight is 181 g/mol. The van der Waals surface area contributed by atoms with Gasteiger partial charge in [-0.15, -0.1) is 0 Å². The van der Waals surface area contributed by atoms with Gasteiger partial charge in [0.15, 0.2) is 0 Å². The van der Waals surface area contributed by atoms with Crippen LogP contribution in [0.15, 0.2) is 16.7 Å². The maximum Gasteiger partial charge on any atom is 0.330 e. The molecule has 0 N–H and O–H groups in total. The lowest BCUT2D eigenvalue weighted by Crippen LogP contribution is -1.98. The zero-order valence-electron chi connectivity index (χ0n) is 7.61. The van der Waals surface area contributed by atoms with E-state index in [9.17, 15) is 4.79 Å². The number of hydrogen-bond donors (Lipinski definition) is 0. The van der Waals surface area contributed by atoms with Crippen LogP contribution in [-0.4, -0.2) is 17.7 Å². The van der Waals surface area contributed by atoms with E-state index in [1.54, 1.807) is 26.0 Å². The summed E-state index contributed by atoms with van der Waals surface area (Å²) >= 11 is 0. The molecule has 0 aliphatic carbocycles. The van der Waals surface area contributed by atoms with Gasteiger partial charge in [-0.3, -0.25) is 0 Å². The normalized spacial score (nSPS) is 10.6. The molecule has 0 aliphatic heterocycles. The van der Waals surface area contributed by atoms with Crippen molar-refractivity contribution in [3.05, 3.63) is 23.6 Å². The summed E-state index contributed by atoms with van der Waals surface area (Å²) in [5.74, 6) is 0.340. The first kappa shape index (κ1) is 9.51. The molecule has 1 aromatic heterocycles. The van der Waals surface area contributed by atoms with Crippen LogP contribution in [0.1, 0.15) is 18.4 Å². The molecule has 0 saturated carbocycles. The van der Waals surface area contributed by atoms with Crippen molar-refractivity contribution in [1.29, 1.82) is 0 Å². The molecule has 13 heavy (non-hydrogen) atoms. The standard InChI is InChI=1S/C9H11NO3/c1-3-12-9(11)5-4-8-6-7(2)13-10-8/h4-6H,3H2,1-2H3/b5-4+. The van der Waals surface area contributed by atoms with Crippen LogP contribution in [0, 0.1) is 6.92 Å². The number of nitrogens with zero attached hydrogens (tertiary/aromatic N) is 1. The topological polar surface area (TPSA) is 52.3 Å². The molecule has 4 heteroatoms. The minimum absolute atomic E-state index is 0.372. The monoisotopic (exact) mass is 181 g/mol. The Morgan fingerprint density at radius 3 is 3.08 bits per heavy atom. The zero-order chi connectivity index (χ0) is 9.68. The minimum Gasteiger partial charge on any atom is -0.463 e. The Labute approximate surface area is 76.2 Å². The van der Waals surface area contributed by atoms with Gasteiger partial charge in [0, 0.05) is 12.1 Å². The molecule has 1 aromatic rings. The molecule has 0 saturated heterocycles. The van der Waals surface area contributed by atoms with E-state index in [1.807, 2.05) is 0 Å². The fourth-order valence-electron chi connectivity index (χ4n) is 0.808. The highest BCUT2D eigenvalue weighted by Crippen LogP contribution is 2.03. The average Bonchev–Trinajstić information content (AvgIpc) is 2.49. The molecule has 0 spiro atoms. The van der Waals surface area contributed by atoms with Crippen LogP contribution in [0.5, 0.6) is 0 Å². The van der Waals surface area contributed by atoms with Gasteiger partial charge in [-0.1, -0.05) is 5.16 Å². The van der Waals surface area contributed by atoms with Crippen LogP contribution in [0.2, 0.25) is 0 Å². The molecular formula is C9H11NO3. The summed E-state index contributed by atoms with van der Waals surface area (Å²) in [5, 5.41) is 3.68.